The van der Waals surface area contributed by atoms with Gasteiger partial charge in [0.25, 0.3) is 5.69 Å². The van der Waals surface area contributed by atoms with Crippen LogP contribution in [0.5, 0.6) is 0 Å². The molecule has 0 aliphatic heterocycles. The Bertz CT molecular complexity index is 446. The van der Waals surface area contributed by atoms with E-state index in [0.717, 1.165) is 0 Å². The van der Waals surface area contributed by atoms with E-state index >= 15 is 0 Å². The second-order valence-electron chi connectivity index (χ2n) is 4.66. The number of likely N-dealkylation sites (N-methyl/N-ethyl adjacent to an activating group) is 1. The maximum atomic E-state index is 11.0. The first-order valence-corrected chi connectivity index (χ1v) is 5.79. The number of aromatic nitrogens is 1. The zero-order chi connectivity index (χ0) is 13.9. The van der Waals surface area contributed by atoms with E-state index in [9.17, 15) is 15.2 Å². The third-order valence-corrected chi connectivity index (χ3v) is 2.75. The van der Waals surface area contributed by atoms with Crippen molar-refractivity contribution in [3.8, 4) is 0 Å². The molecule has 1 N–H and O–H groups in total. The third-order valence-electron chi connectivity index (χ3n) is 2.75. The van der Waals surface area contributed by atoms with Gasteiger partial charge in [-0.3, -0.25) is 20.0 Å². The topological polar surface area (TPSA) is 79.5 Å². The Hall–Kier alpha value is -1.53. The highest BCUT2D eigenvalue weighted by atomic mass is 16.6. The molecule has 0 saturated heterocycles. The first-order valence-electron chi connectivity index (χ1n) is 5.79. The first kappa shape index (κ1) is 14.5. The summed E-state index contributed by atoms with van der Waals surface area (Å²) in [5.74, 6) is 0. The number of aliphatic hydroxyl groups excluding tert-OH is 1. The van der Waals surface area contributed by atoms with Crippen molar-refractivity contribution in [2.24, 2.45) is 0 Å². The highest BCUT2D eigenvalue weighted by Crippen LogP contribution is 2.24. The monoisotopic (exact) mass is 253 g/mol. The number of nitrogens with zero attached hydrogens (tertiary/aromatic N) is 3. The standard InChI is InChI=1S/C12H19N3O3/c1-8-5-13-11(7-14(4)6-9(2)16)10(3)12(8)15(17)18/h5,9,16H,6-7H2,1-4H3. The SMILES string of the molecule is Cc1cnc(CN(C)CC(C)O)c(C)c1[N+](=O)[O-]. The van der Waals surface area contributed by atoms with Gasteiger partial charge in [0.2, 0.25) is 0 Å². The van der Waals surface area contributed by atoms with Crippen LogP contribution in [0.25, 0.3) is 0 Å². The van der Waals surface area contributed by atoms with E-state index in [0.29, 0.717) is 29.9 Å². The van der Waals surface area contributed by atoms with E-state index < -0.39 is 6.10 Å². The second-order valence-corrected chi connectivity index (χ2v) is 4.66. The molecule has 0 bridgehead atoms. The van der Waals surface area contributed by atoms with Crippen molar-refractivity contribution < 1.29 is 10.0 Å². The van der Waals surface area contributed by atoms with Crippen LogP contribution in [-0.2, 0) is 6.54 Å². The number of hydrogen-bond donors (Lipinski definition) is 1. The van der Waals surface area contributed by atoms with Crippen molar-refractivity contribution in [2.75, 3.05) is 13.6 Å². The van der Waals surface area contributed by atoms with Gasteiger partial charge in [-0.25, -0.2) is 0 Å². The smallest absolute Gasteiger partial charge is 0.278 e. The summed E-state index contributed by atoms with van der Waals surface area (Å²) in [6.07, 6.45) is 1.09. The fourth-order valence-electron chi connectivity index (χ4n) is 1.98. The van der Waals surface area contributed by atoms with Gasteiger partial charge in [-0.2, -0.15) is 0 Å². The van der Waals surface area contributed by atoms with Crippen LogP contribution < -0.4 is 0 Å². The molecular formula is C12H19N3O3. The van der Waals surface area contributed by atoms with Crippen LogP contribution in [0.4, 0.5) is 5.69 Å². The van der Waals surface area contributed by atoms with Crippen LogP contribution in [0.1, 0.15) is 23.7 Å². The van der Waals surface area contributed by atoms with Gasteiger partial charge in [-0.05, 0) is 27.8 Å². The molecule has 1 rings (SSSR count). The van der Waals surface area contributed by atoms with Gasteiger partial charge in [-0.1, -0.05) is 0 Å². The van der Waals surface area contributed by atoms with E-state index in [4.69, 9.17) is 0 Å². The molecule has 0 aliphatic rings. The average molecular weight is 253 g/mol. The number of nitro groups is 1. The molecule has 6 nitrogen and oxygen atoms in total. The van der Waals surface area contributed by atoms with Crippen molar-refractivity contribution in [1.82, 2.24) is 9.88 Å². The van der Waals surface area contributed by atoms with E-state index in [1.165, 1.54) is 6.20 Å². The fraction of sp³-hybridized carbons (Fsp3) is 0.583. The normalized spacial score (nSPS) is 12.8. The molecule has 0 spiro atoms. The molecule has 100 valence electrons. The molecule has 1 atom stereocenters. The number of aryl methyl sites for hydroxylation is 1. The molecule has 0 aliphatic carbocycles. The number of hydrogen-bond acceptors (Lipinski definition) is 5. The van der Waals surface area contributed by atoms with Gasteiger partial charge in [0.15, 0.2) is 0 Å². The maximum Gasteiger partial charge on any atom is 0.278 e. The lowest BCUT2D eigenvalue weighted by Gasteiger charge is -2.18. The molecule has 0 fully saturated rings. The Kier molecular flexibility index (Phi) is 4.75. The van der Waals surface area contributed by atoms with Crippen molar-refractivity contribution in [3.63, 3.8) is 0 Å². The van der Waals surface area contributed by atoms with Gasteiger partial charge in [-0.15, -0.1) is 0 Å². The lowest BCUT2D eigenvalue weighted by Crippen LogP contribution is -2.27. The molecule has 1 unspecified atom stereocenters. The zero-order valence-corrected chi connectivity index (χ0v) is 11.2. The number of rotatable bonds is 5. The van der Waals surface area contributed by atoms with Gasteiger partial charge in [0.1, 0.15) is 0 Å². The maximum absolute atomic E-state index is 11.0. The summed E-state index contributed by atoms with van der Waals surface area (Å²) >= 11 is 0. The lowest BCUT2D eigenvalue weighted by molar-refractivity contribution is -0.386. The highest BCUT2D eigenvalue weighted by molar-refractivity contribution is 5.47. The van der Waals surface area contributed by atoms with Gasteiger partial charge >= 0.3 is 0 Å². The van der Waals surface area contributed by atoms with Gasteiger partial charge in [0.05, 0.1) is 16.7 Å². The second kappa shape index (κ2) is 5.88. The van der Waals surface area contributed by atoms with Crippen LogP contribution >= 0.6 is 0 Å². The molecule has 6 heteroatoms. The van der Waals surface area contributed by atoms with E-state index in [-0.39, 0.29) is 10.6 Å². The van der Waals surface area contributed by atoms with Gasteiger partial charge in [0, 0.05) is 30.4 Å². The van der Waals surface area contributed by atoms with Crippen LogP contribution in [-0.4, -0.2) is 39.6 Å². The molecule has 0 radical (unpaired) electrons. The third kappa shape index (κ3) is 3.48. The van der Waals surface area contributed by atoms with Crippen molar-refractivity contribution in [1.29, 1.82) is 0 Å². The summed E-state index contributed by atoms with van der Waals surface area (Å²) < 4.78 is 0. The molecule has 18 heavy (non-hydrogen) atoms. The van der Waals surface area contributed by atoms with Crippen molar-refractivity contribution in [3.05, 3.63) is 33.1 Å². The fourth-order valence-corrected chi connectivity index (χ4v) is 1.98. The number of pyridine rings is 1. The predicted octanol–water partition coefficient (Wildman–Crippen LogP) is 1.42. The molecule has 1 aromatic rings. The van der Waals surface area contributed by atoms with E-state index in [2.05, 4.69) is 4.98 Å². The number of aliphatic hydroxyl groups is 1. The Balaban J connectivity index is 2.97. The van der Waals surface area contributed by atoms with Crippen LogP contribution in [0.2, 0.25) is 0 Å². The molecular weight excluding hydrogens is 234 g/mol. The highest BCUT2D eigenvalue weighted by Gasteiger charge is 2.19. The minimum atomic E-state index is -0.434. The van der Waals surface area contributed by atoms with E-state index in [1.54, 1.807) is 20.8 Å². The first-order chi connectivity index (χ1) is 8.32. The van der Waals surface area contributed by atoms with Crippen LogP contribution in [0.15, 0.2) is 6.20 Å². The lowest BCUT2D eigenvalue weighted by atomic mass is 10.1. The molecule has 1 aromatic heterocycles. The largest absolute Gasteiger partial charge is 0.392 e. The van der Waals surface area contributed by atoms with Gasteiger partial charge < -0.3 is 5.11 Å². The van der Waals surface area contributed by atoms with Crippen molar-refractivity contribution in [2.45, 2.75) is 33.4 Å². The zero-order valence-electron chi connectivity index (χ0n) is 11.2. The Morgan fingerprint density at radius 2 is 2.17 bits per heavy atom. The summed E-state index contributed by atoms with van der Waals surface area (Å²) in [6.45, 7) is 6.08. The molecule has 0 amide bonds. The minimum Gasteiger partial charge on any atom is -0.392 e. The summed E-state index contributed by atoms with van der Waals surface area (Å²) in [4.78, 5) is 16.7. The summed E-state index contributed by atoms with van der Waals surface area (Å²) in [5, 5.41) is 20.3. The Morgan fingerprint density at radius 3 is 2.67 bits per heavy atom. The Morgan fingerprint density at radius 1 is 1.56 bits per heavy atom. The minimum absolute atomic E-state index is 0.130. The van der Waals surface area contributed by atoms with E-state index in [1.807, 2.05) is 11.9 Å². The summed E-state index contributed by atoms with van der Waals surface area (Å²) in [6, 6.07) is 0. The summed E-state index contributed by atoms with van der Waals surface area (Å²) in [5.41, 5.74) is 1.97. The quantitative estimate of drug-likeness (QED) is 0.634. The molecule has 1 heterocycles. The molecule has 0 saturated carbocycles. The molecule has 0 aromatic carbocycles. The van der Waals surface area contributed by atoms with Crippen LogP contribution in [0.3, 0.4) is 0 Å². The van der Waals surface area contributed by atoms with Crippen molar-refractivity contribution >= 4 is 5.69 Å². The predicted molar refractivity (Wildman–Crippen MR) is 68.4 cm³/mol. The van der Waals surface area contributed by atoms with Crippen LogP contribution in [0, 0.1) is 24.0 Å². The average Bonchev–Trinajstić information content (AvgIpc) is 2.20. The summed E-state index contributed by atoms with van der Waals surface area (Å²) in [7, 11) is 1.85. The Labute approximate surface area is 106 Å².